The standard InChI is InChI=1S/C14H19ClN2O/c1-10(2)8-9-11(3)16-17-14(18)12-6-4-5-7-13(12)15/h4-7,10,16H,3,8-9H2,1-2H3,(H,17,18). The fraction of sp³-hybridized carbons (Fsp3) is 0.357. The number of carbonyl (C=O) groups is 1. The summed E-state index contributed by atoms with van der Waals surface area (Å²) < 4.78 is 0. The van der Waals surface area contributed by atoms with Gasteiger partial charge in [-0.2, -0.15) is 0 Å². The fourth-order valence-corrected chi connectivity index (χ4v) is 1.60. The normalized spacial score (nSPS) is 10.2. The zero-order valence-corrected chi connectivity index (χ0v) is 11.6. The first-order chi connectivity index (χ1) is 8.50. The lowest BCUT2D eigenvalue weighted by molar-refractivity contribution is 0.0938. The molecule has 1 rings (SSSR count). The number of nitrogens with one attached hydrogen (secondary N) is 2. The third-order valence-corrected chi connectivity index (χ3v) is 2.82. The molecule has 0 bridgehead atoms. The van der Waals surface area contributed by atoms with Crippen LogP contribution in [0.5, 0.6) is 0 Å². The van der Waals surface area contributed by atoms with Crippen LogP contribution in [0.2, 0.25) is 5.02 Å². The fourth-order valence-electron chi connectivity index (χ4n) is 1.38. The van der Waals surface area contributed by atoms with Crippen molar-refractivity contribution in [2.45, 2.75) is 26.7 Å². The van der Waals surface area contributed by atoms with E-state index in [0.29, 0.717) is 16.5 Å². The molecule has 4 heteroatoms. The van der Waals surface area contributed by atoms with Gasteiger partial charge in [0.1, 0.15) is 0 Å². The highest BCUT2D eigenvalue weighted by Gasteiger charge is 2.08. The topological polar surface area (TPSA) is 41.1 Å². The van der Waals surface area contributed by atoms with Crippen LogP contribution in [0, 0.1) is 5.92 Å². The van der Waals surface area contributed by atoms with Crippen LogP contribution in [-0.2, 0) is 0 Å². The molecule has 3 nitrogen and oxygen atoms in total. The molecule has 0 saturated carbocycles. The Labute approximate surface area is 113 Å². The van der Waals surface area contributed by atoms with Crippen LogP contribution in [-0.4, -0.2) is 5.91 Å². The van der Waals surface area contributed by atoms with E-state index < -0.39 is 0 Å². The Kier molecular flexibility index (Phi) is 5.72. The smallest absolute Gasteiger partial charge is 0.271 e. The van der Waals surface area contributed by atoms with Gasteiger partial charge in [0.15, 0.2) is 0 Å². The number of allylic oxidation sites excluding steroid dienone is 1. The zero-order chi connectivity index (χ0) is 13.5. The highest BCUT2D eigenvalue weighted by Crippen LogP contribution is 2.14. The molecule has 0 spiro atoms. The quantitative estimate of drug-likeness (QED) is 0.774. The predicted octanol–water partition coefficient (Wildman–Crippen LogP) is 3.52. The van der Waals surface area contributed by atoms with Crippen LogP contribution in [0.25, 0.3) is 0 Å². The molecule has 0 aliphatic heterocycles. The molecule has 0 aliphatic carbocycles. The molecule has 98 valence electrons. The van der Waals surface area contributed by atoms with Crippen molar-refractivity contribution in [3.63, 3.8) is 0 Å². The number of amides is 1. The molecule has 18 heavy (non-hydrogen) atoms. The van der Waals surface area contributed by atoms with Gasteiger partial charge in [-0.25, -0.2) is 0 Å². The molecule has 1 aromatic carbocycles. The van der Waals surface area contributed by atoms with Gasteiger partial charge < -0.3 is 5.43 Å². The first kappa shape index (κ1) is 14.6. The Morgan fingerprint density at radius 1 is 1.33 bits per heavy atom. The van der Waals surface area contributed by atoms with Crippen molar-refractivity contribution in [1.29, 1.82) is 0 Å². The lowest BCUT2D eigenvalue weighted by Crippen LogP contribution is -2.36. The number of halogens is 1. The van der Waals surface area contributed by atoms with E-state index in [1.54, 1.807) is 24.3 Å². The molecule has 0 heterocycles. The summed E-state index contributed by atoms with van der Waals surface area (Å²) in [5.41, 5.74) is 6.64. The second kappa shape index (κ2) is 7.07. The first-order valence-corrected chi connectivity index (χ1v) is 6.37. The number of carbonyl (C=O) groups excluding carboxylic acids is 1. The van der Waals surface area contributed by atoms with E-state index in [2.05, 4.69) is 31.3 Å². The maximum atomic E-state index is 11.8. The van der Waals surface area contributed by atoms with Crippen LogP contribution in [0.3, 0.4) is 0 Å². The molecule has 0 atom stereocenters. The molecule has 0 aromatic heterocycles. The molecule has 0 unspecified atom stereocenters. The van der Waals surface area contributed by atoms with Crippen LogP contribution in [0.15, 0.2) is 36.5 Å². The lowest BCUT2D eigenvalue weighted by Gasteiger charge is -2.12. The summed E-state index contributed by atoms with van der Waals surface area (Å²) in [6, 6.07) is 6.92. The Bertz CT molecular complexity index is 430. The van der Waals surface area contributed by atoms with E-state index >= 15 is 0 Å². The summed E-state index contributed by atoms with van der Waals surface area (Å²) >= 11 is 5.93. The van der Waals surface area contributed by atoms with Crippen LogP contribution in [0.1, 0.15) is 37.0 Å². The van der Waals surface area contributed by atoms with Gasteiger partial charge in [-0.15, -0.1) is 0 Å². The highest BCUT2D eigenvalue weighted by atomic mass is 35.5. The minimum absolute atomic E-state index is 0.258. The molecular weight excluding hydrogens is 248 g/mol. The van der Waals surface area contributed by atoms with E-state index in [-0.39, 0.29) is 5.91 Å². The average Bonchev–Trinajstić information content (AvgIpc) is 2.34. The summed E-state index contributed by atoms with van der Waals surface area (Å²) in [6.07, 6.45) is 1.87. The number of hydrogen-bond donors (Lipinski definition) is 2. The third kappa shape index (κ3) is 4.80. The van der Waals surface area contributed by atoms with Crippen molar-refractivity contribution in [3.8, 4) is 0 Å². The van der Waals surface area contributed by atoms with Crippen molar-refractivity contribution in [3.05, 3.63) is 47.1 Å². The van der Waals surface area contributed by atoms with Crippen LogP contribution >= 0.6 is 11.6 Å². The minimum Gasteiger partial charge on any atom is -0.303 e. The maximum Gasteiger partial charge on any atom is 0.271 e. The van der Waals surface area contributed by atoms with Crippen molar-refractivity contribution in [2.24, 2.45) is 5.92 Å². The van der Waals surface area contributed by atoms with E-state index in [4.69, 9.17) is 11.6 Å². The third-order valence-electron chi connectivity index (χ3n) is 2.49. The summed E-state index contributed by atoms with van der Waals surface area (Å²) in [5, 5.41) is 0.435. The Hall–Kier alpha value is -1.48. The van der Waals surface area contributed by atoms with Gasteiger partial charge in [0.2, 0.25) is 0 Å². The highest BCUT2D eigenvalue weighted by molar-refractivity contribution is 6.33. The van der Waals surface area contributed by atoms with Crippen molar-refractivity contribution >= 4 is 17.5 Å². The molecule has 1 amide bonds. The van der Waals surface area contributed by atoms with Gasteiger partial charge in [0.05, 0.1) is 10.6 Å². The van der Waals surface area contributed by atoms with Gasteiger partial charge in [0.25, 0.3) is 5.91 Å². The van der Waals surface area contributed by atoms with Crippen LogP contribution < -0.4 is 10.9 Å². The van der Waals surface area contributed by atoms with Gasteiger partial charge in [-0.05, 0) is 30.9 Å². The Morgan fingerprint density at radius 3 is 2.61 bits per heavy atom. The minimum atomic E-state index is -0.258. The van der Waals surface area contributed by atoms with Crippen molar-refractivity contribution < 1.29 is 4.79 Å². The monoisotopic (exact) mass is 266 g/mol. The second-order valence-electron chi connectivity index (χ2n) is 4.60. The lowest BCUT2D eigenvalue weighted by atomic mass is 10.1. The molecular formula is C14H19ClN2O. The molecule has 0 fully saturated rings. The van der Waals surface area contributed by atoms with Crippen molar-refractivity contribution in [2.75, 3.05) is 0 Å². The van der Waals surface area contributed by atoms with Gasteiger partial charge in [-0.1, -0.05) is 44.2 Å². The number of hydrogen-bond acceptors (Lipinski definition) is 2. The van der Waals surface area contributed by atoms with Gasteiger partial charge in [0, 0.05) is 5.70 Å². The number of benzene rings is 1. The largest absolute Gasteiger partial charge is 0.303 e. The molecule has 2 N–H and O–H groups in total. The Morgan fingerprint density at radius 2 is 2.00 bits per heavy atom. The van der Waals surface area contributed by atoms with Crippen molar-refractivity contribution in [1.82, 2.24) is 10.9 Å². The van der Waals surface area contributed by atoms with E-state index in [1.165, 1.54) is 0 Å². The van der Waals surface area contributed by atoms with Crippen LogP contribution in [0.4, 0.5) is 0 Å². The summed E-state index contributed by atoms with van der Waals surface area (Å²) in [4.78, 5) is 11.8. The second-order valence-corrected chi connectivity index (χ2v) is 5.00. The SMILES string of the molecule is C=C(CCC(C)C)NNC(=O)c1ccccc1Cl. The predicted molar refractivity (Wildman–Crippen MR) is 75.3 cm³/mol. The molecule has 0 radical (unpaired) electrons. The number of rotatable bonds is 6. The van der Waals surface area contributed by atoms with Gasteiger partial charge in [-0.3, -0.25) is 10.2 Å². The van der Waals surface area contributed by atoms with E-state index in [1.807, 2.05) is 0 Å². The molecule has 0 aliphatic rings. The van der Waals surface area contributed by atoms with E-state index in [9.17, 15) is 4.79 Å². The number of hydrazine groups is 1. The molecule has 1 aromatic rings. The first-order valence-electron chi connectivity index (χ1n) is 5.99. The summed E-state index contributed by atoms with van der Waals surface area (Å²) in [7, 11) is 0. The average molecular weight is 267 g/mol. The summed E-state index contributed by atoms with van der Waals surface area (Å²) in [6.45, 7) is 8.15. The molecule has 0 saturated heterocycles. The van der Waals surface area contributed by atoms with Gasteiger partial charge >= 0.3 is 0 Å². The van der Waals surface area contributed by atoms with E-state index in [0.717, 1.165) is 18.5 Å². The summed E-state index contributed by atoms with van der Waals surface area (Å²) in [5.74, 6) is 0.356. The zero-order valence-electron chi connectivity index (χ0n) is 10.8. The Balaban J connectivity index is 2.42. The maximum absolute atomic E-state index is 11.8.